The van der Waals surface area contributed by atoms with Crippen LogP contribution in [-0.4, -0.2) is 34.1 Å². The summed E-state index contributed by atoms with van der Waals surface area (Å²) in [4.78, 5) is 19.0. The van der Waals surface area contributed by atoms with Gasteiger partial charge in [0.2, 0.25) is 0 Å². The highest BCUT2D eigenvalue weighted by Crippen LogP contribution is 2.11. The van der Waals surface area contributed by atoms with Crippen molar-refractivity contribution in [2.75, 3.05) is 23.7 Å². The Morgan fingerprint density at radius 3 is 2.53 bits per heavy atom. The number of hydrogen-bond donors (Lipinski definition) is 3. The molecular weight excluding hydrogens is 244 g/mol. The van der Waals surface area contributed by atoms with Gasteiger partial charge in [0.1, 0.15) is 17.5 Å². The summed E-state index contributed by atoms with van der Waals surface area (Å²) in [6, 6.07) is 1.84. The number of hydrogen-bond acceptors (Lipinski definition) is 5. The fourth-order valence-electron chi connectivity index (χ4n) is 1.51. The summed E-state index contributed by atoms with van der Waals surface area (Å²) < 4.78 is 0. The molecule has 0 aromatic carbocycles. The maximum Gasteiger partial charge on any atom is 0.303 e. The SMILES string of the molecule is Cc1nc(NCCCC(=O)O)cc(NCC(C)C)n1. The summed E-state index contributed by atoms with van der Waals surface area (Å²) in [5.41, 5.74) is 0. The van der Waals surface area contributed by atoms with Gasteiger partial charge in [0.05, 0.1) is 0 Å². The van der Waals surface area contributed by atoms with Gasteiger partial charge >= 0.3 is 5.97 Å². The second kappa shape index (κ2) is 7.56. The van der Waals surface area contributed by atoms with Gasteiger partial charge in [0, 0.05) is 25.6 Å². The molecule has 0 aliphatic carbocycles. The van der Waals surface area contributed by atoms with Crippen LogP contribution in [0.25, 0.3) is 0 Å². The second-order valence-electron chi connectivity index (χ2n) is 4.88. The lowest BCUT2D eigenvalue weighted by molar-refractivity contribution is -0.137. The molecule has 0 radical (unpaired) electrons. The van der Waals surface area contributed by atoms with Crippen molar-refractivity contribution in [3.05, 3.63) is 11.9 Å². The molecule has 0 saturated heterocycles. The molecule has 0 spiro atoms. The third-order valence-corrected chi connectivity index (χ3v) is 2.40. The monoisotopic (exact) mass is 266 g/mol. The van der Waals surface area contributed by atoms with E-state index in [0.29, 0.717) is 24.7 Å². The van der Waals surface area contributed by atoms with Crippen molar-refractivity contribution in [1.82, 2.24) is 9.97 Å². The molecular formula is C13H22N4O2. The van der Waals surface area contributed by atoms with Crippen molar-refractivity contribution >= 4 is 17.6 Å². The number of anilines is 2. The zero-order chi connectivity index (χ0) is 14.3. The molecule has 19 heavy (non-hydrogen) atoms. The number of rotatable bonds is 8. The first kappa shape index (κ1) is 15.2. The van der Waals surface area contributed by atoms with E-state index < -0.39 is 5.97 Å². The van der Waals surface area contributed by atoms with Gasteiger partial charge in [-0.2, -0.15) is 0 Å². The maximum absolute atomic E-state index is 10.4. The first-order chi connectivity index (χ1) is 8.97. The summed E-state index contributed by atoms with van der Waals surface area (Å²) in [6.45, 7) is 7.54. The Hall–Kier alpha value is -1.85. The van der Waals surface area contributed by atoms with E-state index in [4.69, 9.17) is 5.11 Å². The number of carbonyl (C=O) groups is 1. The van der Waals surface area contributed by atoms with Crippen LogP contribution in [0.5, 0.6) is 0 Å². The van der Waals surface area contributed by atoms with Crippen LogP contribution in [0, 0.1) is 12.8 Å². The molecule has 106 valence electrons. The van der Waals surface area contributed by atoms with Crippen LogP contribution in [0.1, 0.15) is 32.5 Å². The van der Waals surface area contributed by atoms with Crippen molar-refractivity contribution in [3.8, 4) is 0 Å². The van der Waals surface area contributed by atoms with Crippen molar-refractivity contribution in [2.24, 2.45) is 5.92 Å². The Kier molecular flexibility index (Phi) is 6.05. The maximum atomic E-state index is 10.4. The van der Waals surface area contributed by atoms with Crippen molar-refractivity contribution in [2.45, 2.75) is 33.6 Å². The molecule has 1 aromatic heterocycles. The van der Waals surface area contributed by atoms with Gasteiger partial charge < -0.3 is 15.7 Å². The summed E-state index contributed by atoms with van der Waals surface area (Å²) >= 11 is 0. The molecule has 0 atom stereocenters. The third kappa shape index (κ3) is 6.59. The highest BCUT2D eigenvalue weighted by Gasteiger charge is 2.03. The molecule has 0 bridgehead atoms. The van der Waals surface area contributed by atoms with Crippen LogP contribution in [0.4, 0.5) is 11.6 Å². The molecule has 0 saturated carbocycles. The van der Waals surface area contributed by atoms with Crippen LogP contribution in [0.15, 0.2) is 6.07 Å². The zero-order valence-corrected chi connectivity index (χ0v) is 11.7. The normalized spacial score (nSPS) is 10.5. The fourth-order valence-corrected chi connectivity index (χ4v) is 1.51. The van der Waals surface area contributed by atoms with Gasteiger partial charge in [0.25, 0.3) is 0 Å². The summed E-state index contributed by atoms with van der Waals surface area (Å²) in [6.07, 6.45) is 0.739. The number of nitrogens with zero attached hydrogens (tertiary/aromatic N) is 2. The standard InChI is InChI=1S/C13H22N4O2/c1-9(2)8-15-12-7-11(16-10(3)17-12)14-6-4-5-13(18)19/h7,9H,4-6,8H2,1-3H3,(H,18,19)(H2,14,15,16,17). The van der Waals surface area contributed by atoms with Crippen LogP contribution < -0.4 is 10.6 Å². The Balaban J connectivity index is 2.51. The van der Waals surface area contributed by atoms with Gasteiger partial charge in [-0.3, -0.25) is 4.79 Å². The van der Waals surface area contributed by atoms with Crippen LogP contribution >= 0.6 is 0 Å². The van der Waals surface area contributed by atoms with Crippen molar-refractivity contribution in [3.63, 3.8) is 0 Å². The van der Waals surface area contributed by atoms with Crippen LogP contribution in [-0.2, 0) is 4.79 Å². The Morgan fingerprint density at radius 2 is 1.95 bits per heavy atom. The van der Waals surface area contributed by atoms with E-state index in [1.54, 1.807) is 0 Å². The first-order valence-electron chi connectivity index (χ1n) is 6.52. The molecule has 0 aliphatic rings. The van der Waals surface area contributed by atoms with E-state index in [2.05, 4.69) is 34.4 Å². The Morgan fingerprint density at radius 1 is 1.32 bits per heavy atom. The predicted molar refractivity (Wildman–Crippen MR) is 75.5 cm³/mol. The van der Waals surface area contributed by atoms with Gasteiger partial charge in [-0.25, -0.2) is 9.97 Å². The number of aliphatic carboxylic acids is 1. The topological polar surface area (TPSA) is 87.1 Å². The number of aryl methyl sites for hydroxylation is 1. The number of carboxylic acid groups (broad SMARTS) is 1. The number of aromatic nitrogens is 2. The molecule has 6 heteroatoms. The first-order valence-corrected chi connectivity index (χ1v) is 6.52. The minimum atomic E-state index is -0.778. The summed E-state index contributed by atoms with van der Waals surface area (Å²) in [5, 5.41) is 14.9. The quantitative estimate of drug-likeness (QED) is 0.625. The molecule has 6 nitrogen and oxygen atoms in total. The van der Waals surface area contributed by atoms with Crippen LogP contribution in [0.3, 0.4) is 0 Å². The van der Waals surface area contributed by atoms with Gasteiger partial charge in [-0.15, -0.1) is 0 Å². The predicted octanol–water partition coefficient (Wildman–Crippen LogP) is 2.13. The minimum absolute atomic E-state index is 0.162. The van der Waals surface area contributed by atoms with E-state index in [1.807, 2.05) is 13.0 Å². The van der Waals surface area contributed by atoms with Gasteiger partial charge in [-0.05, 0) is 19.3 Å². The minimum Gasteiger partial charge on any atom is -0.481 e. The molecule has 1 rings (SSSR count). The molecule has 3 N–H and O–H groups in total. The second-order valence-corrected chi connectivity index (χ2v) is 4.88. The zero-order valence-electron chi connectivity index (χ0n) is 11.7. The average molecular weight is 266 g/mol. The molecule has 0 fully saturated rings. The lowest BCUT2D eigenvalue weighted by Crippen LogP contribution is -2.12. The highest BCUT2D eigenvalue weighted by molar-refractivity contribution is 5.66. The molecule has 0 aliphatic heterocycles. The van der Waals surface area contributed by atoms with E-state index in [-0.39, 0.29) is 6.42 Å². The van der Waals surface area contributed by atoms with Crippen molar-refractivity contribution < 1.29 is 9.90 Å². The van der Waals surface area contributed by atoms with Crippen LogP contribution in [0.2, 0.25) is 0 Å². The average Bonchev–Trinajstić information content (AvgIpc) is 2.31. The van der Waals surface area contributed by atoms with E-state index in [1.165, 1.54) is 0 Å². The van der Waals surface area contributed by atoms with E-state index in [0.717, 1.165) is 18.2 Å². The largest absolute Gasteiger partial charge is 0.481 e. The van der Waals surface area contributed by atoms with E-state index >= 15 is 0 Å². The van der Waals surface area contributed by atoms with Crippen molar-refractivity contribution in [1.29, 1.82) is 0 Å². The molecule has 0 unspecified atom stereocenters. The molecule has 1 aromatic rings. The van der Waals surface area contributed by atoms with Gasteiger partial charge in [-0.1, -0.05) is 13.8 Å². The lowest BCUT2D eigenvalue weighted by atomic mass is 10.2. The number of nitrogens with one attached hydrogen (secondary N) is 2. The highest BCUT2D eigenvalue weighted by atomic mass is 16.4. The fraction of sp³-hybridized carbons (Fsp3) is 0.615. The molecule has 0 amide bonds. The number of carboxylic acids is 1. The summed E-state index contributed by atoms with van der Waals surface area (Å²) in [5.74, 6) is 1.97. The smallest absolute Gasteiger partial charge is 0.303 e. The Labute approximate surface area is 113 Å². The molecule has 1 heterocycles. The summed E-state index contributed by atoms with van der Waals surface area (Å²) in [7, 11) is 0. The third-order valence-electron chi connectivity index (χ3n) is 2.40. The Bertz CT molecular complexity index is 421. The lowest BCUT2D eigenvalue weighted by Gasteiger charge is -2.11. The van der Waals surface area contributed by atoms with Gasteiger partial charge in [0.15, 0.2) is 0 Å². The van der Waals surface area contributed by atoms with E-state index in [9.17, 15) is 4.79 Å².